The molecule has 0 saturated heterocycles. The van der Waals surface area contributed by atoms with Crippen molar-refractivity contribution < 1.29 is 5.11 Å². The summed E-state index contributed by atoms with van der Waals surface area (Å²) in [6.45, 7) is 6.25. The van der Waals surface area contributed by atoms with Crippen molar-refractivity contribution in [2.24, 2.45) is 0 Å². The van der Waals surface area contributed by atoms with Crippen LogP contribution in [-0.2, 0) is 0 Å². The SMILES string of the molecule is C=CCNc1nc(NC)c2nc(NC[C@H](C)O)nc(NC)c2n1.Cl. The second-order valence-corrected chi connectivity index (χ2v) is 4.89. The average Bonchev–Trinajstić information content (AvgIpc) is 2.56. The van der Waals surface area contributed by atoms with Crippen LogP contribution in [0.4, 0.5) is 23.5 Å². The van der Waals surface area contributed by atoms with Gasteiger partial charge < -0.3 is 26.4 Å². The molecule has 0 bridgehead atoms. The molecule has 0 fully saturated rings. The Morgan fingerprint density at radius 1 is 1.00 bits per heavy atom. The molecule has 5 N–H and O–H groups in total. The second-order valence-electron chi connectivity index (χ2n) is 4.89. The van der Waals surface area contributed by atoms with E-state index in [-0.39, 0.29) is 12.4 Å². The number of fused-ring (bicyclic) bond motifs is 1. The highest BCUT2D eigenvalue weighted by Gasteiger charge is 2.14. The molecular formula is C14H23ClN8O. The monoisotopic (exact) mass is 354 g/mol. The summed E-state index contributed by atoms with van der Waals surface area (Å²) in [6.07, 6.45) is 1.23. The molecule has 0 aliphatic carbocycles. The lowest BCUT2D eigenvalue weighted by Crippen LogP contribution is -2.17. The summed E-state index contributed by atoms with van der Waals surface area (Å²) in [5.74, 6) is 2.02. The molecule has 0 saturated carbocycles. The van der Waals surface area contributed by atoms with Gasteiger partial charge in [0.25, 0.3) is 0 Å². The Bertz CT molecular complexity index is 694. The number of aliphatic hydroxyl groups excluding tert-OH is 1. The lowest BCUT2D eigenvalue weighted by Gasteiger charge is -2.13. The maximum atomic E-state index is 9.39. The van der Waals surface area contributed by atoms with Gasteiger partial charge in [0.2, 0.25) is 11.9 Å². The smallest absolute Gasteiger partial charge is 0.225 e. The Morgan fingerprint density at radius 2 is 1.50 bits per heavy atom. The van der Waals surface area contributed by atoms with Crippen molar-refractivity contribution in [1.82, 2.24) is 19.9 Å². The van der Waals surface area contributed by atoms with E-state index in [0.29, 0.717) is 47.7 Å². The van der Waals surface area contributed by atoms with Crippen LogP contribution in [0.3, 0.4) is 0 Å². The predicted octanol–water partition coefficient (Wildman–Crippen LogP) is 1.32. The molecule has 0 aromatic carbocycles. The second kappa shape index (κ2) is 9.04. The van der Waals surface area contributed by atoms with Gasteiger partial charge in [-0.3, -0.25) is 0 Å². The van der Waals surface area contributed by atoms with Crippen LogP contribution < -0.4 is 21.3 Å². The van der Waals surface area contributed by atoms with E-state index in [2.05, 4.69) is 47.8 Å². The maximum absolute atomic E-state index is 9.39. The largest absolute Gasteiger partial charge is 0.392 e. The minimum Gasteiger partial charge on any atom is -0.392 e. The van der Waals surface area contributed by atoms with E-state index >= 15 is 0 Å². The molecule has 9 nitrogen and oxygen atoms in total. The van der Waals surface area contributed by atoms with Gasteiger partial charge in [-0.25, -0.2) is 9.97 Å². The van der Waals surface area contributed by atoms with E-state index in [4.69, 9.17) is 0 Å². The molecule has 2 rings (SSSR count). The van der Waals surface area contributed by atoms with E-state index in [1.165, 1.54) is 0 Å². The number of rotatable bonds is 8. The number of aromatic nitrogens is 4. The van der Waals surface area contributed by atoms with Gasteiger partial charge in [-0.2, -0.15) is 9.97 Å². The summed E-state index contributed by atoms with van der Waals surface area (Å²) in [6, 6.07) is 0. The fourth-order valence-corrected chi connectivity index (χ4v) is 1.92. The summed E-state index contributed by atoms with van der Waals surface area (Å²) >= 11 is 0. The quantitative estimate of drug-likeness (QED) is 0.447. The number of aliphatic hydroxyl groups is 1. The van der Waals surface area contributed by atoms with Crippen LogP contribution in [0.5, 0.6) is 0 Å². The number of anilines is 4. The first-order valence-corrected chi connectivity index (χ1v) is 7.31. The zero-order chi connectivity index (χ0) is 16.8. The zero-order valence-corrected chi connectivity index (χ0v) is 14.7. The van der Waals surface area contributed by atoms with Crippen molar-refractivity contribution in [3.05, 3.63) is 12.7 Å². The van der Waals surface area contributed by atoms with E-state index in [1.807, 2.05) is 0 Å². The molecular weight excluding hydrogens is 332 g/mol. The standard InChI is InChI=1S/C14H22N8O.ClH/c1-5-6-17-13-19-9-10(11(15-3)21-13)20-14(18-7-8(2)23)22-12(9)16-4;/h5,8,23H,1,6-7H2,2-4H3,(H2,15,17,19,21)(H2,16,18,20,22);1H/t8-;/m0./s1. The summed E-state index contributed by atoms with van der Waals surface area (Å²) in [5.41, 5.74) is 1.19. The summed E-state index contributed by atoms with van der Waals surface area (Å²) in [4.78, 5) is 17.7. The van der Waals surface area contributed by atoms with Gasteiger partial charge in [0.15, 0.2) is 11.6 Å². The number of nitrogens with zero attached hydrogens (tertiary/aromatic N) is 4. The van der Waals surface area contributed by atoms with Crippen molar-refractivity contribution in [2.75, 3.05) is 48.5 Å². The highest BCUT2D eigenvalue weighted by Crippen LogP contribution is 2.26. The number of hydrogen-bond acceptors (Lipinski definition) is 9. The molecule has 0 unspecified atom stereocenters. The van der Waals surface area contributed by atoms with E-state index < -0.39 is 6.10 Å². The van der Waals surface area contributed by atoms with Gasteiger partial charge in [0.1, 0.15) is 11.0 Å². The molecule has 24 heavy (non-hydrogen) atoms. The van der Waals surface area contributed by atoms with Crippen LogP contribution >= 0.6 is 12.4 Å². The summed E-state index contributed by atoms with van der Waals surface area (Å²) < 4.78 is 0. The van der Waals surface area contributed by atoms with Crippen molar-refractivity contribution in [3.8, 4) is 0 Å². The molecule has 2 aromatic rings. The lowest BCUT2D eigenvalue weighted by molar-refractivity contribution is 0.208. The molecule has 0 spiro atoms. The predicted molar refractivity (Wildman–Crippen MR) is 100 cm³/mol. The Hall–Kier alpha value is -2.39. The molecule has 10 heteroatoms. The fourth-order valence-electron chi connectivity index (χ4n) is 1.92. The first kappa shape index (κ1) is 19.7. The topological polar surface area (TPSA) is 120 Å². The molecule has 0 aliphatic rings. The molecule has 132 valence electrons. The normalized spacial score (nSPS) is 11.3. The molecule has 0 amide bonds. The van der Waals surface area contributed by atoms with Gasteiger partial charge >= 0.3 is 0 Å². The highest BCUT2D eigenvalue weighted by molar-refractivity contribution is 5.94. The van der Waals surface area contributed by atoms with Crippen molar-refractivity contribution in [3.63, 3.8) is 0 Å². The Labute approximate surface area is 146 Å². The maximum Gasteiger partial charge on any atom is 0.225 e. The summed E-state index contributed by atoms with van der Waals surface area (Å²) in [5, 5.41) is 21.5. The third kappa shape index (κ3) is 4.56. The summed E-state index contributed by atoms with van der Waals surface area (Å²) in [7, 11) is 3.53. The number of halogens is 1. The third-order valence-electron chi connectivity index (χ3n) is 2.98. The number of nitrogens with one attached hydrogen (secondary N) is 4. The van der Waals surface area contributed by atoms with E-state index in [1.54, 1.807) is 27.1 Å². The van der Waals surface area contributed by atoms with Gasteiger partial charge in [0.05, 0.1) is 6.10 Å². The van der Waals surface area contributed by atoms with Crippen LogP contribution in [0.25, 0.3) is 11.0 Å². The highest BCUT2D eigenvalue weighted by atomic mass is 35.5. The van der Waals surface area contributed by atoms with Crippen LogP contribution in [0, 0.1) is 0 Å². The molecule has 0 aliphatic heterocycles. The van der Waals surface area contributed by atoms with Crippen molar-refractivity contribution in [2.45, 2.75) is 13.0 Å². The minimum absolute atomic E-state index is 0. The Kier molecular flexibility index (Phi) is 7.40. The van der Waals surface area contributed by atoms with Crippen LogP contribution in [0.1, 0.15) is 6.92 Å². The zero-order valence-electron chi connectivity index (χ0n) is 13.9. The Morgan fingerprint density at radius 3 is 1.92 bits per heavy atom. The van der Waals surface area contributed by atoms with Crippen LogP contribution in [-0.4, -0.2) is 58.3 Å². The van der Waals surface area contributed by atoms with Crippen molar-refractivity contribution >= 4 is 47.0 Å². The first-order valence-electron chi connectivity index (χ1n) is 7.31. The molecule has 1 atom stereocenters. The Balaban J connectivity index is 0.00000288. The van der Waals surface area contributed by atoms with Crippen LogP contribution in [0.15, 0.2) is 12.7 Å². The fraction of sp³-hybridized carbons (Fsp3) is 0.429. The van der Waals surface area contributed by atoms with Gasteiger partial charge in [0, 0.05) is 27.2 Å². The van der Waals surface area contributed by atoms with E-state index in [9.17, 15) is 5.11 Å². The third-order valence-corrected chi connectivity index (χ3v) is 2.98. The van der Waals surface area contributed by atoms with Gasteiger partial charge in [-0.15, -0.1) is 19.0 Å². The van der Waals surface area contributed by atoms with Crippen LogP contribution in [0.2, 0.25) is 0 Å². The first-order chi connectivity index (χ1) is 11.1. The number of hydrogen-bond donors (Lipinski definition) is 5. The van der Waals surface area contributed by atoms with Gasteiger partial charge in [-0.1, -0.05) is 6.08 Å². The lowest BCUT2D eigenvalue weighted by atomic mass is 10.3. The van der Waals surface area contributed by atoms with E-state index in [0.717, 1.165) is 0 Å². The average molecular weight is 355 g/mol. The molecule has 2 heterocycles. The minimum atomic E-state index is -0.502. The molecule has 2 aromatic heterocycles. The van der Waals surface area contributed by atoms with Gasteiger partial charge in [-0.05, 0) is 6.92 Å². The molecule has 0 radical (unpaired) electrons. The van der Waals surface area contributed by atoms with Crippen molar-refractivity contribution in [1.29, 1.82) is 0 Å².